The van der Waals surface area contributed by atoms with Crippen molar-refractivity contribution in [1.82, 2.24) is 4.31 Å². The highest BCUT2D eigenvalue weighted by atomic mass is 32.2. The lowest BCUT2D eigenvalue weighted by Gasteiger charge is -2.14. The third kappa shape index (κ3) is 3.64. The molecule has 1 heterocycles. The Morgan fingerprint density at radius 2 is 2.15 bits per heavy atom. The first kappa shape index (κ1) is 14.7. The molecule has 5 nitrogen and oxygen atoms in total. The van der Waals surface area contributed by atoms with E-state index in [0.29, 0.717) is 24.1 Å². The number of hydrogen-bond donors (Lipinski definition) is 1. The molecule has 1 fully saturated rings. The van der Waals surface area contributed by atoms with Gasteiger partial charge in [-0.15, -0.1) is 0 Å². The molecule has 0 unspecified atom stereocenters. The van der Waals surface area contributed by atoms with E-state index in [9.17, 15) is 17.6 Å². The van der Waals surface area contributed by atoms with Crippen LogP contribution in [0.3, 0.4) is 0 Å². The summed E-state index contributed by atoms with van der Waals surface area (Å²) in [5.41, 5.74) is 0.888. The minimum atomic E-state index is -3.24. The van der Waals surface area contributed by atoms with Gasteiger partial charge in [-0.1, -0.05) is 6.07 Å². The molecular weight excluding hydrogens is 285 g/mol. The van der Waals surface area contributed by atoms with Crippen molar-refractivity contribution in [3.63, 3.8) is 0 Å². The molecule has 0 bridgehead atoms. The molecule has 1 aliphatic rings. The molecule has 20 heavy (non-hydrogen) atoms. The smallest absolute Gasteiger partial charge is 0.328 e. The Hall–Kier alpha value is -1.73. The zero-order valence-corrected chi connectivity index (χ0v) is 11.4. The maximum absolute atomic E-state index is 13.5. The molecule has 1 N–H and O–H groups in total. The molecule has 0 spiro atoms. The van der Waals surface area contributed by atoms with Crippen molar-refractivity contribution >= 4 is 22.1 Å². The Morgan fingerprint density at radius 1 is 1.40 bits per heavy atom. The first-order valence-corrected chi connectivity index (χ1v) is 7.66. The molecule has 0 aliphatic carbocycles. The molecule has 0 radical (unpaired) electrons. The molecular formula is C13H14FNO4S. The quantitative estimate of drug-likeness (QED) is 0.854. The molecule has 1 aliphatic heterocycles. The standard InChI is InChI=1S/C13H14FNO4S/c14-12-7-10(2-3-13(16)17)6-11(8-12)9-15-4-1-5-20(15,18)19/h2-3,6-8H,1,4-5,9H2,(H,16,17). The summed E-state index contributed by atoms with van der Waals surface area (Å²) in [7, 11) is -3.24. The van der Waals surface area contributed by atoms with Crippen LogP contribution in [0.1, 0.15) is 17.5 Å². The van der Waals surface area contributed by atoms with Crippen molar-refractivity contribution < 1.29 is 22.7 Å². The van der Waals surface area contributed by atoms with Crippen LogP contribution in [0.25, 0.3) is 6.08 Å². The van der Waals surface area contributed by atoms with Gasteiger partial charge in [-0.05, 0) is 35.8 Å². The van der Waals surface area contributed by atoms with Gasteiger partial charge in [-0.25, -0.2) is 17.6 Å². The minimum absolute atomic E-state index is 0.105. The summed E-state index contributed by atoms with van der Waals surface area (Å²) in [4.78, 5) is 10.4. The number of halogens is 1. The Balaban J connectivity index is 2.22. The Bertz CT molecular complexity index is 654. The summed E-state index contributed by atoms with van der Waals surface area (Å²) in [6.07, 6.45) is 2.75. The zero-order valence-electron chi connectivity index (χ0n) is 10.6. The van der Waals surface area contributed by atoms with Crippen LogP contribution in [0.2, 0.25) is 0 Å². The van der Waals surface area contributed by atoms with Crippen molar-refractivity contribution in [3.8, 4) is 0 Å². The average molecular weight is 299 g/mol. The number of benzene rings is 1. The topological polar surface area (TPSA) is 74.7 Å². The average Bonchev–Trinajstić information content (AvgIpc) is 2.65. The lowest BCUT2D eigenvalue weighted by molar-refractivity contribution is -0.131. The third-order valence-corrected chi connectivity index (χ3v) is 4.86. The second-order valence-electron chi connectivity index (χ2n) is 4.57. The number of rotatable bonds is 4. The fourth-order valence-corrected chi connectivity index (χ4v) is 3.61. The fourth-order valence-electron chi connectivity index (χ4n) is 2.10. The highest BCUT2D eigenvalue weighted by molar-refractivity contribution is 7.89. The van der Waals surface area contributed by atoms with Gasteiger partial charge >= 0.3 is 5.97 Å². The van der Waals surface area contributed by atoms with E-state index >= 15 is 0 Å². The Morgan fingerprint density at radius 3 is 2.75 bits per heavy atom. The highest BCUT2D eigenvalue weighted by Crippen LogP contribution is 2.19. The van der Waals surface area contributed by atoms with Crippen molar-refractivity contribution in [2.24, 2.45) is 0 Å². The minimum Gasteiger partial charge on any atom is -0.478 e. The summed E-state index contributed by atoms with van der Waals surface area (Å²) in [6, 6.07) is 4.03. The summed E-state index contributed by atoms with van der Waals surface area (Å²) in [5.74, 6) is -1.53. The van der Waals surface area contributed by atoms with Crippen molar-refractivity contribution in [1.29, 1.82) is 0 Å². The van der Waals surface area contributed by atoms with E-state index in [1.165, 1.54) is 22.5 Å². The molecule has 1 aromatic carbocycles. The molecule has 0 saturated carbocycles. The number of carboxylic acids is 1. The van der Waals surface area contributed by atoms with Crippen LogP contribution in [0.4, 0.5) is 4.39 Å². The number of nitrogens with zero attached hydrogens (tertiary/aromatic N) is 1. The molecule has 2 rings (SSSR count). The van der Waals surface area contributed by atoms with E-state index in [0.717, 1.165) is 6.08 Å². The monoisotopic (exact) mass is 299 g/mol. The molecule has 0 atom stereocenters. The van der Waals surface area contributed by atoms with Crippen molar-refractivity contribution in [2.75, 3.05) is 12.3 Å². The summed E-state index contributed by atoms with van der Waals surface area (Å²) in [6.45, 7) is 0.535. The lowest BCUT2D eigenvalue weighted by Crippen LogP contribution is -2.25. The van der Waals surface area contributed by atoms with Gasteiger partial charge in [0.15, 0.2) is 0 Å². The van der Waals surface area contributed by atoms with Crippen LogP contribution in [0.5, 0.6) is 0 Å². The van der Waals surface area contributed by atoms with Gasteiger partial charge in [0.25, 0.3) is 0 Å². The van der Waals surface area contributed by atoms with Crippen molar-refractivity contribution in [2.45, 2.75) is 13.0 Å². The third-order valence-electron chi connectivity index (χ3n) is 2.96. The van der Waals surface area contributed by atoms with Crippen LogP contribution in [-0.4, -0.2) is 36.1 Å². The lowest BCUT2D eigenvalue weighted by atomic mass is 10.1. The zero-order chi connectivity index (χ0) is 14.8. The highest BCUT2D eigenvalue weighted by Gasteiger charge is 2.28. The maximum Gasteiger partial charge on any atom is 0.328 e. The summed E-state index contributed by atoms with van der Waals surface area (Å²) >= 11 is 0. The van der Waals surface area contributed by atoms with Crippen LogP contribution in [0, 0.1) is 5.82 Å². The van der Waals surface area contributed by atoms with Gasteiger partial charge in [-0.3, -0.25) is 0 Å². The number of sulfonamides is 1. The van der Waals surface area contributed by atoms with Gasteiger partial charge in [-0.2, -0.15) is 4.31 Å². The second-order valence-corrected chi connectivity index (χ2v) is 6.66. The van der Waals surface area contributed by atoms with E-state index in [1.54, 1.807) is 6.07 Å². The normalized spacial score (nSPS) is 18.6. The van der Waals surface area contributed by atoms with Gasteiger partial charge < -0.3 is 5.11 Å². The fraction of sp³-hybridized carbons (Fsp3) is 0.308. The van der Waals surface area contributed by atoms with Gasteiger partial charge in [0.05, 0.1) is 5.75 Å². The van der Waals surface area contributed by atoms with E-state index in [1.807, 2.05) is 0 Å². The van der Waals surface area contributed by atoms with Gasteiger partial charge in [0.1, 0.15) is 5.82 Å². The molecule has 1 saturated heterocycles. The summed E-state index contributed by atoms with van der Waals surface area (Å²) < 4.78 is 38.2. The van der Waals surface area contributed by atoms with E-state index in [-0.39, 0.29) is 12.3 Å². The number of carbonyl (C=O) groups is 1. The van der Waals surface area contributed by atoms with Crippen LogP contribution < -0.4 is 0 Å². The van der Waals surface area contributed by atoms with Crippen LogP contribution in [-0.2, 0) is 21.4 Å². The Labute approximate surface area is 116 Å². The second kappa shape index (κ2) is 5.72. The number of hydrogen-bond acceptors (Lipinski definition) is 3. The van der Waals surface area contributed by atoms with Crippen LogP contribution in [0.15, 0.2) is 24.3 Å². The summed E-state index contributed by atoms with van der Waals surface area (Å²) in [5, 5.41) is 8.54. The molecule has 0 amide bonds. The maximum atomic E-state index is 13.5. The van der Waals surface area contributed by atoms with Gasteiger partial charge in [0, 0.05) is 19.2 Å². The van der Waals surface area contributed by atoms with E-state index < -0.39 is 21.8 Å². The number of carboxylic acid groups (broad SMARTS) is 1. The first-order chi connectivity index (χ1) is 9.37. The molecule has 7 heteroatoms. The molecule has 0 aromatic heterocycles. The van der Waals surface area contributed by atoms with E-state index in [2.05, 4.69) is 0 Å². The number of aliphatic carboxylic acids is 1. The predicted octanol–water partition coefficient (Wildman–Crippen LogP) is 1.46. The SMILES string of the molecule is O=C(O)C=Cc1cc(F)cc(CN2CCCS2(=O)=O)c1. The van der Waals surface area contributed by atoms with Gasteiger partial charge in [0.2, 0.25) is 10.0 Å². The van der Waals surface area contributed by atoms with Crippen molar-refractivity contribution in [3.05, 3.63) is 41.2 Å². The first-order valence-electron chi connectivity index (χ1n) is 6.05. The Kier molecular flexibility index (Phi) is 4.20. The predicted molar refractivity (Wildman–Crippen MR) is 71.9 cm³/mol. The molecule has 1 aromatic rings. The van der Waals surface area contributed by atoms with E-state index in [4.69, 9.17) is 5.11 Å². The van der Waals surface area contributed by atoms with Crippen LogP contribution >= 0.6 is 0 Å². The molecule has 108 valence electrons. The largest absolute Gasteiger partial charge is 0.478 e.